The number of aryl methyl sites for hydroxylation is 1. The van der Waals surface area contributed by atoms with Crippen molar-refractivity contribution in [3.8, 4) is 11.3 Å². The molecule has 1 aromatic heterocycles. The van der Waals surface area contributed by atoms with E-state index in [1.807, 2.05) is 30.3 Å². The lowest BCUT2D eigenvalue weighted by molar-refractivity contribution is 0.0843. The number of rotatable bonds is 7. The number of aromatic amines is 1. The Bertz CT molecular complexity index is 1220. The van der Waals surface area contributed by atoms with Crippen LogP contribution in [-0.4, -0.2) is 47.8 Å². The number of sulfonamides is 1. The first kappa shape index (κ1) is 23.2. The smallest absolute Gasteiger partial charge is 0.272 e. The summed E-state index contributed by atoms with van der Waals surface area (Å²) in [5.41, 5.74) is 6.97. The molecule has 0 atom stereocenters. The minimum absolute atomic E-state index is 0.0179. The number of benzene rings is 2. The number of hydrazine groups is 1. The van der Waals surface area contributed by atoms with Crippen molar-refractivity contribution in [3.63, 3.8) is 0 Å². The van der Waals surface area contributed by atoms with E-state index in [-0.39, 0.29) is 16.2 Å². The van der Waals surface area contributed by atoms with Crippen LogP contribution in [0.15, 0.2) is 59.5 Å². The lowest BCUT2D eigenvalue weighted by atomic mass is 10.1. The Morgan fingerprint density at radius 1 is 0.969 bits per heavy atom. The third kappa shape index (κ3) is 4.87. The van der Waals surface area contributed by atoms with Crippen molar-refractivity contribution in [2.75, 3.05) is 13.1 Å². The van der Waals surface area contributed by atoms with E-state index in [9.17, 15) is 18.0 Å². The molecule has 1 heterocycles. The van der Waals surface area contributed by atoms with Crippen molar-refractivity contribution >= 4 is 21.8 Å². The van der Waals surface area contributed by atoms with Crippen LogP contribution in [0.25, 0.3) is 11.3 Å². The van der Waals surface area contributed by atoms with Crippen molar-refractivity contribution in [2.24, 2.45) is 0 Å². The Kier molecular flexibility index (Phi) is 7.06. The van der Waals surface area contributed by atoms with E-state index in [1.165, 1.54) is 16.4 Å². The van der Waals surface area contributed by atoms with Gasteiger partial charge in [-0.25, -0.2) is 8.42 Å². The summed E-state index contributed by atoms with van der Waals surface area (Å²) >= 11 is 0. The summed E-state index contributed by atoms with van der Waals surface area (Å²) in [4.78, 5) is 25.1. The van der Waals surface area contributed by atoms with Gasteiger partial charge in [-0.05, 0) is 30.7 Å². The van der Waals surface area contributed by atoms with Crippen LogP contribution in [0, 0.1) is 6.92 Å². The fourth-order valence-electron chi connectivity index (χ4n) is 3.16. The third-order valence-corrected chi connectivity index (χ3v) is 7.02. The van der Waals surface area contributed by atoms with E-state index < -0.39 is 21.8 Å². The number of hydrogen-bond donors (Lipinski definition) is 3. The molecule has 168 valence electrons. The van der Waals surface area contributed by atoms with Gasteiger partial charge in [0.1, 0.15) is 5.69 Å². The number of carbonyl (C=O) groups excluding carboxylic acids is 2. The zero-order chi connectivity index (χ0) is 23.3. The summed E-state index contributed by atoms with van der Waals surface area (Å²) in [5.74, 6) is -1.21. The summed E-state index contributed by atoms with van der Waals surface area (Å²) in [6.45, 7) is 5.82. The van der Waals surface area contributed by atoms with E-state index in [4.69, 9.17) is 0 Å². The molecule has 0 radical (unpaired) electrons. The summed E-state index contributed by atoms with van der Waals surface area (Å²) in [6, 6.07) is 15.2. The van der Waals surface area contributed by atoms with Gasteiger partial charge in [0.25, 0.3) is 11.8 Å². The van der Waals surface area contributed by atoms with Crippen LogP contribution in [0.1, 0.15) is 40.3 Å². The minimum Gasteiger partial charge on any atom is -0.272 e. The zero-order valence-corrected chi connectivity index (χ0v) is 18.9. The lowest BCUT2D eigenvalue weighted by Gasteiger charge is -2.19. The van der Waals surface area contributed by atoms with Crippen LogP contribution in [0.5, 0.6) is 0 Å². The Morgan fingerprint density at radius 2 is 1.62 bits per heavy atom. The number of H-pyrrole nitrogens is 1. The second-order valence-electron chi connectivity index (χ2n) is 7.01. The maximum atomic E-state index is 12.8. The van der Waals surface area contributed by atoms with E-state index in [0.29, 0.717) is 24.3 Å². The molecule has 3 aromatic rings. The highest BCUT2D eigenvalue weighted by atomic mass is 32.2. The molecule has 32 heavy (non-hydrogen) atoms. The highest BCUT2D eigenvalue weighted by Crippen LogP contribution is 2.20. The highest BCUT2D eigenvalue weighted by Gasteiger charge is 2.23. The summed E-state index contributed by atoms with van der Waals surface area (Å²) in [7, 11) is -3.72. The number of amides is 2. The van der Waals surface area contributed by atoms with Gasteiger partial charge in [-0.1, -0.05) is 50.2 Å². The normalized spacial score (nSPS) is 11.4. The number of nitrogens with zero attached hydrogens (tertiary/aromatic N) is 2. The Morgan fingerprint density at radius 3 is 2.28 bits per heavy atom. The van der Waals surface area contributed by atoms with Crippen LogP contribution in [0.3, 0.4) is 0 Å². The molecule has 3 rings (SSSR count). The fourth-order valence-corrected chi connectivity index (χ4v) is 4.65. The van der Waals surface area contributed by atoms with Crippen molar-refractivity contribution in [1.82, 2.24) is 25.4 Å². The standard InChI is InChI=1S/C22H25N5O4S/c1-4-27(5-2)32(30,31)17-12-11-15(3)18(13-17)21(28)25-26-22(29)20-14-19(23-24-20)16-9-7-6-8-10-16/h6-14H,4-5H2,1-3H3,(H,23,24)(H,25,28)(H,26,29). The average Bonchev–Trinajstić information content (AvgIpc) is 3.29. The van der Waals surface area contributed by atoms with Crippen LogP contribution in [0.4, 0.5) is 0 Å². The van der Waals surface area contributed by atoms with E-state index in [2.05, 4.69) is 21.0 Å². The average molecular weight is 456 g/mol. The lowest BCUT2D eigenvalue weighted by Crippen LogP contribution is -2.42. The molecule has 0 aliphatic heterocycles. The minimum atomic E-state index is -3.72. The van der Waals surface area contributed by atoms with Gasteiger partial charge >= 0.3 is 0 Å². The molecule has 0 bridgehead atoms. The van der Waals surface area contributed by atoms with Crippen LogP contribution in [0.2, 0.25) is 0 Å². The van der Waals surface area contributed by atoms with E-state index in [1.54, 1.807) is 32.9 Å². The van der Waals surface area contributed by atoms with E-state index >= 15 is 0 Å². The SMILES string of the molecule is CCN(CC)S(=O)(=O)c1ccc(C)c(C(=O)NNC(=O)c2cc(-c3ccccc3)n[nH]2)c1. The molecule has 3 N–H and O–H groups in total. The summed E-state index contributed by atoms with van der Waals surface area (Å²) in [6.07, 6.45) is 0. The molecule has 0 fully saturated rings. The first-order valence-corrected chi connectivity index (χ1v) is 11.5. The van der Waals surface area contributed by atoms with Gasteiger partial charge in [0.15, 0.2) is 0 Å². The van der Waals surface area contributed by atoms with Crippen molar-refractivity contribution < 1.29 is 18.0 Å². The number of aromatic nitrogens is 2. The van der Waals surface area contributed by atoms with Gasteiger partial charge in [0, 0.05) is 24.2 Å². The maximum Gasteiger partial charge on any atom is 0.287 e. The predicted octanol–water partition coefficient (Wildman–Crippen LogP) is 2.49. The van der Waals surface area contributed by atoms with Gasteiger partial charge in [-0.15, -0.1) is 0 Å². The fraction of sp³-hybridized carbons (Fsp3) is 0.227. The third-order valence-electron chi connectivity index (χ3n) is 4.98. The van der Waals surface area contributed by atoms with E-state index in [0.717, 1.165) is 5.56 Å². The molecule has 9 nitrogen and oxygen atoms in total. The molecule has 0 saturated heterocycles. The molecule has 0 unspecified atom stereocenters. The molecule has 0 aliphatic carbocycles. The number of hydrogen-bond acceptors (Lipinski definition) is 5. The highest BCUT2D eigenvalue weighted by molar-refractivity contribution is 7.89. The summed E-state index contributed by atoms with van der Waals surface area (Å²) < 4.78 is 26.8. The van der Waals surface area contributed by atoms with Crippen molar-refractivity contribution in [3.05, 3.63) is 71.4 Å². The van der Waals surface area contributed by atoms with Gasteiger partial charge in [0.2, 0.25) is 10.0 Å². The molecular weight excluding hydrogens is 430 g/mol. The largest absolute Gasteiger partial charge is 0.287 e. The Hall–Kier alpha value is -3.50. The Labute approximate surface area is 186 Å². The molecular formula is C22H25N5O4S. The van der Waals surface area contributed by atoms with Gasteiger partial charge < -0.3 is 0 Å². The van der Waals surface area contributed by atoms with Gasteiger partial charge in [-0.2, -0.15) is 9.40 Å². The number of carbonyl (C=O) groups is 2. The Balaban J connectivity index is 1.72. The number of nitrogens with one attached hydrogen (secondary N) is 3. The molecule has 0 aliphatic rings. The maximum absolute atomic E-state index is 12.8. The van der Waals surface area contributed by atoms with Crippen LogP contribution >= 0.6 is 0 Å². The van der Waals surface area contributed by atoms with Crippen LogP contribution in [-0.2, 0) is 10.0 Å². The quantitative estimate of drug-likeness (QED) is 0.472. The monoisotopic (exact) mass is 455 g/mol. The second-order valence-corrected chi connectivity index (χ2v) is 8.95. The second kappa shape index (κ2) is 9.75. The van der Waals surface area contributed by atoms with Crippen molar-refractivity contribution in [1.29, 1.82) is 0 Å². The topological polar surface area (TPSA) is 124 Å². The summed E-state index contributed by atoms with van der Waals surface area (Å²) in [5, 5.41) is 6.74. The molecule has 10 heteroatoms. The molecule has 2 aromatic carbocycles. The van der Waals surface area contributed by atoms with Crippen molar-refractivity contribution in [2.45, 2.75) is 25.7 Å². The first-order valence-electron chi connectivity index (χ1n) is 10.1. The van der Waals surface area contributed by atoms with Gasteiger partial charge in [0.05, 0.1) is 10.6 Å². The van der Waals surface area contributed by atoms with Gasteiger partial charge in [-0.3, -0.25) is 25.5 Å². The molecule has 2 amide bonds. The zero-order valence-electron chi connectivity index (χ0n) is 18.0. The molecule has 0 spiro atoms. The first-order chi connectivity index (χ1) is 15.3. The molecule has 0 saturated carbocycles. The predicted molar refractivity (Wildman–Crippen MR) is 120 cm³/mol. The van der Waals surface area contributed by atoms with Crippen LogP contribution < -0.4 is 10.9 Å².